The first-order valence-corrected chi connectivity index (χ1v) is 5.70. The molecule has 0 amide bonds. The number of benzene rings is 1. The summed E-state index contributed by atoms with van der Waals surface area (Å²) in [6.07, 6.45) is -5.04. The number of halogens is 3. The Kier molecular flexibility index (Phi) is 5.53. The van der Waals surface area contributed by atoms with Gasteiger partial charge in [0.05, 0.1) is 0 Å². The number of nitrogen functional groups attached to an aromatic ring is 1. The predicted octanol–water partition coefficient (Wildman–Crippen LogP) is 0.745. The smallest absolute Gasteiger partial charge is 0.427 e. The first-order chi connectivity index (χ1) is 9.70. The Labute approximate surface area is 117 Å². The Bertz CT molecular complexity index is 502. The van der Waals surface area contributed by atoms with Crippen LogP contribution in [0.1, 0.15) is 5.56 Å². The Morgan fingerprint density at radius 1 is 1.14 bits per heavy atom. The van der Waals surface area contributed by atoms with Crippen LogP contribution in [0.15, 0.2) is 24.3 Å². The minimum Gasteiger partial charge on any atom is -0.427 e. The van der Waals surface area contributed by atoms with E-state index in [-0.39, 0.29) is 6.42 Å². The van der Waals surface area contributed by atoms with E-state index < -0.39 is 30.9 Å². The molecular weight excluding hydrogens is 293 g/mol. The summed E-state index contributed by atoms with van der Waals surface area (Å²) in [5.41, 5.74) is 12.2. The second kappa shape index (κ2) is 6.93. The van der Waals surface area contributed by atoms with Gasteiger partial charge in [-0.15, -0.1) is 0 Å². The van der Waals surface area contributed by atoms with Gasteiger partial charge in [0.15, 0.2) is 0 Å². The summed E-state index contributed by atoms with van der Waals surface area (Å²) >= 11 is 0. The van der Waals surface area contributed by atoms with Gasteiger partial charge in [0.25, 0.3) is 0 Å². The van der Waals surface area contributed by atoms with Gasteiger partial charge < -0.3 is 20.9 Å². The molecule has 6 nitrogen and oxygen atoms in total. The number of nitrogens with two attached hydrogens (primary N) is 2. The van der Waals surface area contributed by atoms with E-state index in [4.69, 9.17) is 11.5 Å². The van der Waals surface area contributed by atoms with Crippen LogP contribution >= 0.6 is 0 Å². The molecule has 0 aromatic heterocycles. The Morgan fingerprint density at radius 2 is 1.71 bits per heavy atom. The lowest BCUT2D eigenvalue weighted by Gasteiger charge is -2.12. The molecule has 1 rings (SSSR count). The maximum absolute atomic E-state index is 11.8. The average Bonchev–Trinajstić information content (AvgIpc) is 2.40. The highest BCUT2D eigenvalue weighted by atomic mass is 19.4. The highest BCUT2D eigenvalue weighted by molar-refractivity contribution is 5.77. The molecule has 1 unspecified atom stereocenters. The van der Waals surface area contributed by atoms with Crippen molar-refractivity contribution in [2.24, 2.45) is 5.73 Å². The van der Waals surface area contributed by atoms with Gasteiger partial charge in [-0.05, 0) is 24.1 Å². The summed E-state index contributed by atoms with van der Waals surface area (Å²) in [5, 5.41) is 0. The van der Waals surface area contributed by atoms with E-state index in [1.165, 1.54) is 0 Å². The molecule has 1 aromatic carbocycles. The molecule has 0 aliphatic carbocycles. The van der Waals surface area contributed by atoms with Gasteiger partial charge in [-0.25, -0.2) is 4.79 Å². The van der Waals surface area contributed by atoms with Crippen LogP contribution in [0, 0.1) is 0 Å². The van der Waals surface area contributed by atoms with Crippen molar-refractivity contribution in [3.05, 3.63) is 29.8 Å². The highest BCUT2D eigenvalue weighted by Crippen LogP contribution is 2.16. The molecule has 0 spiro atoms. The largest absolute Gasteiger partial charge is 0.491 e. The molecule has 0 saturated carbocycles. The second-order valence-electron chi connectivity index (χ2n) is 4.06. The molecule has 1 aromatic rings. The minimum absolute atomic E-state index is 0.104. The summed E-state index contributed by atoms with van der Waals surface area (Å²) in [5.74, 6) is -3.43. The van der Waals surface area contributed by atoms with Crippen LogP contribution in [0.3, 0.4) is 0 Å². The fourth-order valence-corrected chi connectivity index (χ4v) is 1.32. The molecule has 0 aliphatic rings. The summed E-state index contributed by atoms with van der Waals surface area (Å²) in [6.45, 7) is -1.15. The van der Waals surface area contributed by atoms with Gasteiger partial charge in [-0.3, -0.25) is 4.79 Å². The van der Waals surface area contributed by atoms with Crippen molar-refractivity contribution >= 4 is 17.6 Å². The molecule has 21 heavy (non-hydrogen) atoms. The SMILES string of the molecule is Nc1ccc(CC(N)C(=O)OCOC(=O)C(F)(F)F)cc1. The molecule has 0 fully saturated rings. The summed E-state index contributed by atoms with van der Waals surface area (Å²) in [6, 6.07) is 5.41. The number of hydrogen-bond donors (Lipinski definition) is 2. The normalized spacial score (nSPS) is 12.6. The number of carbonyl (C=O) groups excluding carboxylic acids is 2. The predicted molar refractivity (Wildman–Crippen MR) is 65.6 cm³/mol. The second-order valence-corrected chi connectivity index (χ2v) is 4.06. The Hall–Kier alpha value is -2.29. The molecule has 9 heteroatoms. The third-order valence-corrected chi connectivity index (χ3v) is 2.36. The van der Waals surface area contributed by atoms with Crippen LogP contribution in [0.25, 0.3) is 0 Å². The standard InChI is InChI=1S/C12H13F3N2O4/c13-12(14,15)11(19)21-6-20-10(18)9(17)5-7-1-3-8(16)4-2-7/h1-4,9H,5-6,16-17H2. The topological polar surface area (TPSA) is 105 Å². The van der Waals surface area contributed by atoms with Crippen LogP contribution in [-0.4, -0.2) is 30.9 Å². The average molecular weight is 306 g/mol. The zero-order valence-corrected chi connectivity index (χ0v) is 10.7. The molecule has 1 atom stereocenters. The minimum atomic E-state index is -5.14. The maximum atomic E-state index is 11.8. The number of esters is 2. The molecule has 4 N–H and O–H groups in total. The van der Waals surface area contributed by atoms with E-state index in [1.54, 1.807) is 24.3 Å². The van der Waals surface area contributed by atoms with E-state index >= 15 is 0 Å². The monoisotopic (exact) mass is 306 g/mol. The number of rotatable bonds is 5. The third-order valence-electron chi connectivity index (χ3n) is 2.36. The van der Waals surface area contributed by atoms with E-state index in [1.807, 2.05) is 0 Å². The summed E-state index contributed by atoms with van der Waals surface area (Å²) in [7, 11) is 0. The van der Waals surface area contributed by atoms with Crippen molar-refractivity contribution in [1.29, 1.82) is 0 Å². The van der Waals surface area contributed by atoms with Crippen LogP contribution in [0.2, 0.25) is 0 Å². The van der Waals surface area contributed by atoms with Crippen LogP contribution < -0.4 is 11.5 Å². The van der Waals surface area contributed by atoms with Gasteiger partial charge in [-0.1, -0.05) is 12.1 Å². The van der Waals surface area contributed by atoms with E-state index in [2.05, 4.69) is 9.47 Å². The molecule has 0 radical (unpaired) electrons. The summed E-state index contributed by atoms with van der Waals surface area (Å²) in [4.78, 5) is 21.8. The number of hydrogen-bond acceptors (Lipinski definition) is 6. The number of carbonyl (C=O) groups is 2. The van der Waals surface area contributed by atoms with Crippen LogP contribution in [0.5, 0.6) is 0 Å². The van der Waals surface area contributed by atoms with Gasteiger partial charge in [-0.2, -0.15) is 13.2 Å². The Morgan fingerprint density at radius 3 is 2.24 bits per heavy atom. The van der Waals surface area contributed by atoms with Crippen molar-refractivity contribution in [3.8, 4) is 0 Å². The molecule has 0 saturated heterocycles. The number of alkyl halides is 3. The van der Waals surface area contributed by atoms with Crippen molar-refractivity contribution in [2.75, 3.05) is 12.5 Å². The van der Waals surface area contributed by atoms with E-state index in [0.717, 1.165) is 0 Å². The lowest BCUT2D eigenvalue weighted by Crippen LogP contribution is -2.35. The highest BCUT2D eigenvalue weighted by Gasteiger charge is 2.41. The summed E-state index contributed by atoms with van der Waals surface area (Å²) < 4.78 is 43.5. The fraction of sp³-hybridized carbons (Fsp3) is 0.333. The van der Waals surface area contributed by atoms with Crippen molar-refractivity contribution < 1.29 is 32.2 Å². The first kappa shape index (κ1) is 16.8. The van der Waals surface area contributed by atoms with Crippen LogP contribution in [0.4, 0.5) is 18.9 Å². The first-order valence-electron chi connectivity index (χ1n) is 5.70. The number of anilines is 1. The fourth-order valence-electron chi connectivity index (χ4n) is 1.32. The zero-order chi connectivity index (χ0) is 16.0. The molecule has 116 valence electrons. The van der Waals surface area contributed by atoms with Gasteiger partial charge in [0, 0.05) is 5.69 Å². The van der Waals surface area contributed by atoms with Crippen molar-refractivity contribution in [1.82, 2.24) is 0 Å². The molecule has 0 bridgehead atoms. The van der Waals surface area contributed by atoms with Crippen LogP contribution in [-0.2, 0) is 25.5 Å². The molecule has 0 heterocycles. The Balaban J connectivity index is 2.38. The van der Waals surface area contributed by atoms with Gasteiger partial charge in [0.1, 0.15) is 6.04 Å². The maximum Gasteiger partial charge on any atom is 0.491 e. The zero-order valence-electron chi connectivity index (χ0n) is 10.7. The van der Waals surface area contributed by atoms with E-state index in [9.17, 15) is 22.8 Å². The lowest BCUT2D eigenvalue weighted by atomic mass is 10.1. The molecule has 0 aliphatic heterocycles. The van der Waals surface area contributed by atoms with Gasteiger partial charge in [0.2, 0.25) is 6.79 Å². The number of ether oxygens (including phenoxy) is 2. The van der Waals surface area contributed by atoms with Crippen molar-refractivity contribution in [2.45, 2.75) is 18.6 Å². The van der Waals surface area contributed by atoms with Gasteiger partial charge >= 0.3 is 18.1 Å². The third kappa shape index (κ3) is 5.69. The van der Waals surface area contributed by atoms with Crippen molar-refractivity contribution in [3.63, 3.8) is 0 Å². The quantitative estimate of drug-likeness (QED) is 0.472. The lowest BCUT2D eigenvalue weighted by molar-refractivity contribution is -0.210. The molecular formula is C12H13F3N2O4. The van der Waals surface area contributed by atoms with E-state index in [0.29, 0.717) is 11.3 Å².